The number of hydrogen-bond donors (Lipinski definition) is 2. The van der Waals surface area contributed by atoms with E-state index in [0.29, 0.717) is 12.2 Å². The van der Waals surface area contributed by atoms with Crippen molar-refractivity contribution in [1.29, 1.82) is 0 Å². The van der Waals surface area contributed by atoms with Crippen molar-refractivity contribution in [3.8, 4) is 0 Å². The Balaban J connectivity index is 0.00000256. The summed E-state index contributed by atoms with van der Waals surface area (Å²) in [6.45, 7) is 5.04. The summed E-state index contributed by atoms with van der Waals surface area (Å²) in [6, 6.07) is 22.2. The molecule has 0 bridgehead atoms. The number of carbonyl (C=O) groups is 1. The van der Waals surface area contributed by atoms with Crippen molar-refractivity contribution in [2.24, 2.45) is 0 Å². The fourth-order valence-corrected chi connectivity index (χ4v) is 3.96. The van der Waals surface area contributed by atoms with Crippen LogP contribution in [0.15, 0.2) is 66.7 Å². The molecule has 0 spiro atoms. The highest BCUT2D eigenvalue weighted by atomic mass is 35.5. The first-order chi connectivity index (χ1) is 14.1. The smallest absolute Gasteiger partial charge is 0.335 e. The summed E-state index contributed by atoms with van der Waals surface area (Å²) in [5.74, 6) is -0.901. The first-order valence-corrected chi connectivity index (χ1v) is 10.0. The molecule has 0 radical (unpaired) electrons. The number of aromatic carboxylic acids is 1. The Kier molecular flexibility index (Phi) is 7.32. The molecule has 1 unspecified atom stereocenters. The summed E-state index contributed by atoms with van der Waals surface area (Å²) in [6.07, 6.45) is 0.0506. The molecule has 3 aromatic rings. The molecule has 2 atom stereocenters. The molecule has 0 amide bonds. The molecule has 0 saturated carbocycles. The zero-order chi connectivity index (χ0) is 20.2. The van der Waals surface area contributed by atoms with E-state index in [4.69, 9.17) is 4.74 Å². The van der Waals surface area contributed by atoms with Crippen LogP contribution in [0, 0.1) is 0 Å². The molecule has 1 heterocycles. The molecule has 5 nitrogen and oxygen atoms in total. The van der Waals surface area contributed by atoms with Crippen LogP contribution in [0.3, 0.4) is 0 Å². The van der Waals surface area contributed by atoms with Crippen LogP contribution in [-0.4, -0.2) is 43.4 Å². The number of rotatable bonds is 6. The molecule has 2 N–H and O–H groups in total. The van der Waals surface area contributed by atoms with Crippen LogP contribution in [-0.2, 0) is 4.74 Å². The number of morpholine rings is 1. The van der Waals surface area contributed by atoms with E-state index in [1.54, 1.807) is 18.2 Å². The SMILES string of the molecule is C[C@@H](NCC1CN(c2cccc(C(=O)O)c2)CCO1)c1cccc2ccccc12.Cl. The van der Waals surface area contributed by atoms with Gasteiger partial charge in [0.2, 0.25) is 0 Å². The fraction of sp³-hybridized carbons (Fsp3) is 0.292. The van der Waals surface area contributed by atoms with Crippen molar-refractivity contribution >= 4 is 34.8 Å². The van der Waals surface area contributed by atoms with E-state index in [9.17, 15) is 9.90 Å². The minimum atomic E-state index is -0.901. The van der Waals surface area contributed by atoms with Crippen molar-refractivity contribution in [3.63, 3.8) is 0 Å². The zero-order valence-electron chi connectivity index (χ0n) is 17.0. The lowest BCUT2D eigenvalue weighted by atomic mass is 9.99. The maximum atomic E-state index is 11.3. The Labute approximate surface area is 183 Å². The lowest BCUT2D eigenvalue weighted by molar-refractivity contribution is 0.0395. The Hall–Kier alpha value is -2.60. The maximum absolute atomic E-state index is 11.3. The quantitative estimate of drug-likeness (QED) is 0.607. The average Bonchev–Trinajstić information content (AvgIpc) is 2.77. The monoisotopic (exact) mass is 426 g/mol. The average molecular weight is 427 g/mol. The van der Waals surface area contributed by atoms with E-state index >= 15 is 0 Å². The van der Waals surface area contributed by atoms with Gasteiger partial charge in [0.15, 0.2) is 0 Å². The number of halogens is 1. The number of ether oxygens (including phenoxy) is 1. The number of nitrogens with zero attached hydrogens (tertiary/aromatic N) is 1. The van der Waals surface area contributed by atoms with Crippen LogP contribution >= 0.6 is 12.4 Å². The summed E-state index contributed by atoms with van der Waals surface area (Å²) < 4.78 is 5.96. The van der Waals surface area contributed by atoms with Gasteiger partial charge in [-0.25, -0.2) is 4.79 Å². The largest absolute Gasteiger partial charge is 0.478 e. The van der Waals surface area contributed by atoms with E-state index in [1.807, 2.05) is 6.07 Å². The van der Waals surface area contributed by atoms with Crippen LogP contribution in [0.1, 0.15) is 28.9 Å². The second kappa shape index (κ2) is 9.94. The molecule has 0 aromatic heterocycles. The molecule has 30 heavy (non-hydrogen) atoms. The van der Waals surface area contributed by atoms with Crippen molar-refractivity contribution < 1.29 is 14.6 Å². The summed E-state index contributed by atoms with van der Waals surface area (Å²) in [5.41, 5.74) is 2.53. The van der Waals surface area contributed by atoms with E-state index in [0.717, 1.165) is 25.3 Å². The van der Waals surface area contributed by atoms with Gasteiger partial charge < -0.3 is 20.1 Å². The Morgan fingerprint density at radius 1 is 1.17 bits per heavy atom. The third-order valence-electron chi connectivity index (χ3n) is 5.54. The highest BCUT2D eigenvalue weighted by molar-refractivity contribution is 5.89. The molecule has 1 saturated heterocycles. The molecule has 4 rings (SSSR count). The topological polar surface area (TPSA) is 61.8 Å². The number of benzene rings is 3. The summed E-state index contributed by atoms with van der Waals surface area (Å²) in [4.78, 5) is 13.5. The highest BCUT2D eigenvalue weighted by Gasteiger charge is 2.22. The standard InChI is InChI=1S/C24H26N2O3.ClH/c1-17(22-11-5-7-18-6-2-3-10-23(18)22)25-15-21-16-26(12-13-29-21)20-9-4-8-19(14-20)24(27)28;/h2-11,14,17,21,25H,12-13,15-16H2,1H3,(H,27,28);1H/t17-,21?;/m1./s1. The number of carboxylic acid groups (broad SMARTS) is 1. The van der Waals surface area contributed by atoms with Crippen LogP contribution in [0.4, 0.5) is 5.69 Å². The van der Waals surface area contributed by atoms with Gasteiger partial charge in [-0.1, -0.05) is 48.5 Å². The molecule has 6 heteroatoms. The van der Waals surface area contributed by atoms with Crippen LogP contribution in [0.5, 0.6) is 0 Å². The van der Waals surface area contributed by atoms with Crippen molar-refractivity contribution in [1.82, 2.24) is 5.32 Å². The summed E-state index contributed by atoms with van der Waals surface area (Å²) in [5, 5.41) is 15.4. The lowest BCUT2D eigenvalue weighted by Gasteiger charge is -2.35. The third-order valence-corrected chi connectivity index (χ3v) is 5.54. The minimum Gasteiger partial charge on any atom is -0.478 e. The van der Waals surface area contributed by atoms with Gasteiger partial charge in [0.05, 0.1) is 18.3 Å². The van der Waals surface area contributed by atoms with Crippen LogP contribution < -0.4 is 10.2 Å². The molecule has 1 fully saturated rings. The predicted molar refractivity (Wildman–Crippen MR) is 123 cm³/mol. The molecule has 1 aliphatic heterocycles. The molecule has 158 valence electrons. The van der Waals surface area contributed by atoms with E-state index < -0.39 is 5.97 Å². The third kappa shape index (κ3) is 4.93. The molecule has 1 aliphatic rings. The van der Waals surface area contributed by atoms with E-state index in [-0.39, 0.29) is 24.6 Å². The van der Waals surface area contributed by atoms with Crippen LogP contribution in [0.25, 0.3) is 10.8 Å². The number of carboxylic acids is 1. The van der Waals surface area contributed by atoms with Crippen molar-refractivity contribution in [3.05, 3.63) is 77.9 Å². The first-order valence-electron chi connectivity index (χ1n) is 10.0. The second-order valence-corrected chi connectivity index (χ2v) is 7.49. The van der Waals surface area contributed by atoms with Gasteiger partial charge >= 0.3 is 5.97 Å². The molecule has 0 aliphatic carbocycles. The van der Waals surface area contributed by atoms with Gasteiger partial charge in [0.1, 0.15) is 0 Å². The maximum Gasteiger partial charge on any atom is 0.335 e. The van der Waals surface area contributed by atoms with Gasteiger partial charge in [0.25, 0.3) is 0 Å². The number of anilines is 1. The van der Waals surface area contributed by atoms with Gasteiger partial charge in [-0.15, -0.1) is 12.4 Å². The van der Waals surface area contributed by atoms with Gasteiger partial charge in [0, 0.05) is 31.4 Å². The lowest BCUT2D eigenvalue weighted by Crippen LogP contribution is -2.47. The molecule has 3 aromatic carbocycles. The zero-order valence-corrected chi connectivity index (χ0v) is 17.8. The van der Waals surface area contributed by atoms with Crippen molar-refractivity contribution in [2.75, 3.05) is 31.1 Å². The number of fused-ring (bicyclic) bond motifs is 1. The van der Waals surface area contributed by atoms with Gasteiger partial charge in [-0.2, -0.15) is 0 Å². The Morgan fingerprint density at radius 2 is 1.93 bits per heavy atom. The van der Waals surface area contributed by atoms with Gasteiger partial charge in [-0.05, 0) is 41.5 Å². The normalized spacial score (nSPS) is 17.4. The van der Waals surface area contributed by atoms with E-state index in [1.165, 1.54) is 16.3 Å². The van der Waals surface area contributed by atoms with Gasteiger partial charge in [-0.3, -0.25) is 0 Å². The fourth-order valence-electron chi connectivity index (χ4n) is 3.96. The molecular weight excluding hydrogens is 400 g/mol. The number of nitrogens with one attached hydrogen (secondary N) is 1. The second-order valence-electron chi connectivity index (χ2n) is 7.49. The Bertz CT molecular complexity index is 1010. The first kappa shape index (κ1) is 22.1. The minimum absolute atomic E-state index is 0. The Morgan fingerprint density at radius 3 is 2.77 bits per heavy atom. The summed E-state index contributed by atoms with van der Waals surface area (Å²) >= 11 is 0. The van der Waals surface area contributed by atoms with Crippen molar-refractivity contribution in [2.45, 2.75) is 19.1 Å². The predicted octanol–water partition coefficient (Wildman–Crippen LogP) is 4.52. The number of hydrogen-bond acceptors (Lipinski definition) is 4. The van der Waals surface area contributed by atoms with Crippen LogP contribution in [0.2, 0.25) is 0 Å². The highest BCUT2D eigenvalue weighted by Crippen LogP contribution is 2.24. The van der Waals surface area contributed by atoms with E-state index in [2.05, 4.69) is 59.6 Å². The molecular formula is C24H27ClN2O3. The summed E-state index contributed by atoms with van der Waals surface area (Å²) in [7, 11) is 0.